The number of carboxylic acid groups (broad SMARTS) is 1. The Labute approximate surface area is 115 Å². The van der Waals surface area contributed by atoms with Crippen LogP contribution in [-0.4, -0.2) is 22.5 Å². The van der Waals surface area contributed by atoms with Crippen LogP contribution >= 0.6 is 11.6 Å². The Morgan fingerprint density at radius 2 is 2.11 bits per heavy atom. The van der Waals surface area contributed by atoms with E-state index in [1.165, 1.54) is 18.2 Å². The molecule has 1 aliphatic carbocycles. The van der Waals surface area contributed by atoms with Crippen molar-refractivity contribution in [2.75, 3.05) is 5.32 Å². The molecule has 0 bridgehead atoms. The molecule has 1 aliphatic rings. The second-order valence-corrected chi connectivity index (χ2v) is 5.44. The van der Waals surface area contributed by atoms with Gasteiger partial charge in [-0.3, -0.25) is 4.79 Å². The molecule has 19 heavy (non-hydrogen) atoms. The quantitative estimate of drug-likeness (QED) is 0.788. The monoisotopic (exact) mass is 282 g/mol. The number of carboxylic acids is 1. The summed E-state index contributed by atoms with van der Waals surface area (Å²) in [5.41, 5.74) is 5.17. The van der Waals surface area contributed by atoms with E-state index in [1.54, 1.807) is 6.92 Å². The number of carbonyl (C=O) groups excluding carboxylic acids is 1. The van der Waals surface area contributed by atoms with Gasteiger partial charge in [-0.25, -0.2) is 4.79 Å². The van der Waals surface area contributed by atoms with Gasteiger partial charge in [0.25, 0.3) is 0 Å². The smallest absolute Gasteiger partial charge is 0.337 e. The third-order valence-corrected chi connectivity index (χ3v) is 3.61. The third kappa shape index (κ3) is 2.88. The zero-order valence-corrected chi connectivity index (χ0v) is 11.2. The summed E-state index contributed by atoms with van der Waals surface area (Å²) in [7, 11) is 0. The summed E-state index contributed by atoms with van der Waals surface area (Å²) in [6.07, 6.45) is 1.85. The molecule has 0 radical (unpaired) electrons. The Kier molecular flexibility index (Phi) is 3.52. The lowest BCUT2D eigenvalue weighted by Crippen LogP contribution is -2.50. The second-order valence-electron chi connectivity index (χ2n) is 5.01. The van der Waals surface area contributed by atoms with Crippen LogP contribution in [0.25, 0.3) is 0 Å². The highest BCUT2D eigenvalue weighted by Crippen LogP contribution is 2.38. The molecule has 6 heteroatoms. The Morgan fingerprint density at radius 3 is 2.63 bits per heavy atom. The summed E-state index contributed by atoms with van der Waals surface area (Å²) < 4.78 is 0. The molecule has 0 heterocycles. The zero-order chi connectivity index (χ0) is 14.2. The number of nitrogens with two attached hydrogens (primary N) is 1. The van der Waals surface area contributed by atoms with Crippen molar-refractivity contribution in [1.29, 1.82) is 0 Å². The minimum absolute atomic E-state index is 0.0487. The summed E-state index contributed by atoms with van der Waals surface area (Å²) in [6.45, 7) is 1.66. The summed E-state index contributed by atoms with van der Waals surface area (Å²) in [5.74, 6) is -1.36. The first-order valence-corrected chi connectivity index (χ1v) is 6.33. The molecule has 1 unspecified atom stereocenters. The molecule has 5 nitrogen and oxygen atoms in total. The summed E-state index contributed by atoms with van der Waals surface area (Å²) in [4.78, 5) is 23.2. The van der Waals surface area contributed by atoms with E-state index in [4.69, 9.17) is 22.4 Å². The summed E-state index contributed by atoms with van der Waals surface area (Å²) in [5, 5.41) is 12.0. The lowest BCUT2D eigenvalue weighted by Gasteiger charge is -2.23. The predicted molar refractivity (Wildman–Crippen MR) is 72.4 cm³/mol. The van der Waals surface area contributed by atoms with Crippen LogP contribution in [0.3, 0.4) is 0 Å². The van der Waals surface area contributed by atoms with E-state index in [1.807, 2.05) is 0 Å². The highest BCUT2D eigenvalue weighted by atomic mass is 35.5. The molecule has 0 saturated heterocycles. The SMILES string of the molecule is CC(N)(C(=O)Nc1ccc(Cl)cc1C(=O)O)C1CC1. The fourth-order valence-corrected chi connectivity index (χ4v) is 2.10. The standard InChI is InChI=1S/C13H15ClN2O3/c1-13(15,7-2-3-7)12(19)16-10-5-4-8(14)6-9(10)11(17)18/h4-7H,2-3,15H2,1H3,(H,16,19)(H,17,18). The largest absolute Gasteiger partial charge is 0.478 e. The number of anilines is 1. The maximum atomic E-state index is 12.1. The number of carbonyl (C=O) groups is 2. The first-order chi connectivity index (χ1) is 8.82. The molecule has 2 rings (SSSR count). The maximum absolute atomic E-state index is 12.1. The van der Waals surface area contributed by atoms with Crippen molar-refractivity contribution < 1.29 is 14.7 Å². The molecule has 1 amide bonds. The molecule has 1 aromatic carbocycles. The van der Waals surface area contributed by atoms with Gasteiger partial charge in [0.05, 0.1) is 16.8 Å². The molecule has 4 N–H and O–H groups in total. The predicted octanol–water partition coefficient (Wildman–Crippen LogP) is 2.10. The van der Waals surface area contributed by atoms with Gasteiger partial charge in [-0.2, -0.15) is 0 Å². The van der Waals surface area contributed by atoms with Crippen LogP contribution in [0.5, 0.6) is 0 Å². The van der Waals surface area contributed by atoms with Gasteiger partial charge < -0.3 is 16.2 Å². The molecule has 102 valence electrons. The van der Waals surface area contributed by atoms with Crippen molar-refractivity contribution in [2.24, 2.45) is 11.7 Å². The molecule has 0 spiro atoms. The van der Waals surface area contributed by atoms with Crippen LogP contribution in [0.1, 0.15) is 30.1 Å². The van der Waals surface area contributed by atoms with Crippen LogP contribution in [0, 0.1) is 5.92 Å². The Hall–Kier alpha value is -1.59. The van der Waals surface area contributed by atoms with Gasteiger partial charge in [0.1, 0.15) is 0 Å². The van der Waals surface area contributed by atoms with Gasteiger partial charge >= 0.3 is 5.97 Å². The topological polar surface area (TPSA) is 92.4 Å². The zero-order valence-electron chi connectivity index (χ0n) is 10.4. The Bertz CT molecular complexity index is 539. The van der Waals surface area contributed by atoms with E-state index in [2.05, 4.69) is 5.32 Å². The van der Waals surface area contributed by atoms with Crippen molar-refractivity contribution in [3.63, 3.8) is 0 Å². The minimum atomic E-state index is -1.15. The van der Waals surface area contributed by atoms with Gasteiger partial charge in [0.15, 0.2) is 0 Å². The second kappa shape index (κ2) is 4.83. The van der Waals surface area contributed by atoms with E-state index < -0.39 is 11.5 Å². The minimum Gasteiger partial charge on any atom is -0.478 e. The molecule has 1 atom stereocenters. The number of benzene rings is 1. The molecular formula is C13H15ClN2O3. The Morgan fingerprint density at radius 1 is 1.47 bits per heavy atom. The van der Waals surface area contributed by atoms with Gasteiger partial charge in [-0.15, -0.1) is 0 Å². The van der Waals surface area contributed by atoms with Crippen molar-refractivity contribution in [1.82, 2.24) is 0 Å². The molecule has 0 aromatic heterocycles. The van der Waals surface area contributed by atoms with Gasteiger partial charge in [0, 0.05) is 5.02 Å². The van der Waals surface area contributed by atoms with Crippen LogP contribution in [-0.2, 0) is 4.79 Å². The number of aromatic carboxylic acids is 1. The lowest BCUT2D eigenvalue weighted by atomic mass is 9.96. The lowest BCUT2D eigenvalue weighted by molar-refractivity contribution is -0.121. The molecule has 1 saturated carbocycles. The van der Waals surface area contributed by atoms with E-state index in [-0.39, 0.29) is 23.1 Å². The molecule has 1 fully saturated rings. The highest BCUT2D eigenvalue weighted by molar-refractivity contribution is 6.31. The number of hydrogen-bond donors (Lipinski definition) is 3. The Balaban J connectivity index is 2.23. The first-order valence-electron chi connectivity index (χ1n) is 5.95. The van der Waals surface area contributed by atoms with Crippen molar-refractivity contribution in [3.8, 4) is 0 Å². The van der Waals surface area contributed by atoms with E-state index >= 15 is 0 Å². The fourth-order valence-electron chi connectivity index (χ4n) is 1.93. The van der Waals surface area contributed by atoms with Gasteiger partial charge in [0.2, 0.25) is 5.91 Å². The van der Waals surface area contributed by atoms with Crippen molar-refractivity contribution >= 4 is 29.2 Å². The van der Waals surface area contributed by atoms with E-state index in [0.717, 1.165) is 12.8 Å². The molecular weight excluding hydrogens is 268 g/mol. The fraction of sp³-hybridized carbons (Fsp3) is 0.385. The van der Waals surface area contributed by atoms with Crippen LogP contribution in [0.2, 0.25) is 5.02 Å². The number of halogens is 1. The average Bonchev–Trinajstić information content (AvgIpc) is 3.15. The highest BCUT2D eigenvalue weighted by Gasteiger charge is 2.44. The normalized spacial score (nSPS) is 17.6. The summed E-state index contributed by atoms with van der Waals surface area (Å²) in [6, 6.07) is 4.28. The van der Waals surface area contributed by atoms with Gasteiger partial charge in [-0.05, 0) is 43.9 Å². The van der Waals surface area contributed by atoms with Crippen LogP contribution < -0.4 is 11.1 Å². The van der Waals surface area contributed by atoms with Crippen molar-refractivity contribution in [3.05, 3.63) is 28.8 Å². The summed E-state index contributed by atoms with van der Waals surface area (Å²) >= 11 is 5.75. The average molecular weight is 283 g/mol. The first kappa shape index (κ1) is 13.8. The van der Waals surface area contributed by atoms with E-state index in [9.17, 15) is 9.59 Å². The van der Waals surface area contributed by atoms with Crippen LogP contribution in [0.4, 0.5) is 5.69 Å². The maximum Gasteiger partial charge on any atom is 0.337 e. The number of rotatable bonds is 4. The van der Waals surface area contributed by atoms with E-state index in [0.29, 0.717) is 5.02 Å². The van der Waals surface area contributed by atoms with Crippen LogP contribution in [0.15, 0.2) is 18.2 Å². The number of nitrogens with one attached hydrogen (secondary N) is 1. The third-order valence-electron chi connectivity index (χ3n) is 3.37. The van der Waals surface area contributed by atoms with Crippen molar-refractivity contribution in [2.45, 2.75) is 25.3 Å². The number of hydrogen-bond acceptors (Lipinski definition) is 3. The number of amides is 1. The molecule has 0 aliphatic heterocycles. The van der Waals surface area contributed by atoms with Gasteiger partial charge in [-0.1, -0.05) is 11.6 Å². The molecule has 1 aromatic rings.